The normalized spacial score (nSPS) is 11.4. The second-order valence-electron chi connectivity index (χ2n) is 11.7. The molecule has 2 aromatic heterocycles. The zero-order valence-corrected chi connectivity index (χ0v) is 25.5. The van der Waals surface area contributed by atoms with Gasteiger partial charge in [-0.2, -0.15) is 0 Å². The number of aromatic nitrogens is 4. The molecule has 4 nitrogen and oxygen atoms in total. The average Bonchev–Trinajstić information content (AvgIpc) is 3.50. The smallest absolute Gasteiger partial charge is 0.164 e. The van der Waals surface area contributed by atoms with Gasteiger partial charge in [0.2, 0.25) is 0 Å². The first kappa shape index (κ1) is 27.0. The minimum absolute atomic E-state index is 0.645. The van der Waals surface area contributed by atoms with E-state index in [2.05, 4.69) is 108 Å². The van der Waals surface area contributed by atoms with Crippen LogP contribution in [0.5, 0.6) is 0 Å². The van der Waals surface area contributed by atoms with Crippen LogP contribution in [0.1, 0.15) is 0 Å². The standard InChI is InChI=1S/C43H28N4/c1-3-14-31(15-4-1)41-44-42(32-16-5-2-6-17-32)46-43(45-41)38-21-10-9-18-34(38)30-23-26-33(27-24-30)47-39-22-12-11-20-36(39)37-28-25-29-13-7-8-19-35(29)40(37)47/h1-28H. The van der Waals surface area contributed by atoms with Crippen LogP contribution in [0.15, 0.2) is 170 Å². The summed E-state index contributed by atoms with van der Waals surface area (Å²) in [6, 6.07) is 59.2. The number of fused-ring (bicyclic) bond motifs is 5. The topological polar surface area (TPSA) is 43.6 Å². The first-order chi connectivity index (χ1) is 23.3. The van der Waals surface area contributed by atoms with Crippen LogP contribution in [0.2, 0.25) is 0 Å². The van der Waals surface area contributed by atoms with E-state index >= 15 is 0 Å². The third-order valence-corrected chi connectivity index (χ3v) is 8.86. The Kier molecular flexibility index (Phi) is 6.43. The van der Waals surface area contributed by atoms with Crippen molar-refractivity contribution in [2.24, 2.45) is 0 Å². The molecule has 0 atom stereocenters. The predicted molar refractivity (Wildman–Crippen MR) is 193 cm³/mol. The van der Waals surface area contributed by atoms with Crippen molar-refractivity contribution in [3.63, 3.8) is 0 Å². The molecule has 9 rings (SSSR count). The second kappa shape index (κ2) is 11.2. The van der Waals surface area contributed by atoms with Gasteiger partial charge in [0.1, 0.15) is 0 Å². The van der Waals surface area contributed by atoms with Crippen LogP contribution in [-0.4, -0.2) is 19.5 Å². The van der Waals surface area contributed by atoms with Gasteiger partial charge in [0.15, 0.2) is 17.5 Å². The summed E-state index contributed by atoms with van der Waals surface area (Å²) in [5.74, 6) is 1.95. The molecule has 47 heavy (non-hydrogen) atoms. The van der Waals surface area contributed by atoms with Gasteiger partial charge in [0.05, 0.1) is 11.0 Å². The lowest BCUT2D eigenvalue weighted by molar-refractivity contribution is 1.07. The Morgan fingerprint density at radius 3 is 1.60 bits per heavy atom. The number of nitrogens with zero attached hydrogens (tertiary/aromatic N) is 4. The quantitative estimate of drug-likeness (QED) is 0.197. The monoisotopic (exact) mass is 600 g/mol. The maximum Gasteiger partial charge on any atom is 0.164 e. The molecule has 0 amide bonds. The van der Waals surface area contributed by atoms with Crippen LogP contribution < -0.4 is 0 Å². The third-order valence-electron chi connectivity index (χ3n) is 8.86. The van der Waals surface area contributed by atoms with Crippen LogP contribution in [0.4, 0.5) is 0 Å². The molecule has 0 aliphatic rings. The Bertz CT molecular complexity index is 2490. The molecule has 0 bridgehead atoms. The Hall–Kier alpha value is -6.39. The molecule has 0 N–H and O–H groups in total. The van der Waals surface area contributed by atoms with Gasteiger partial charge in [-0.05, 0) is 34.7 Å². The van der Waals surface area contributed by atoms with Crippen LogP contribution >= 0.6 is 0 Å². The lowest BCUT2D eigenvalue weighted by Crippen LogP contribution is -2.01. The molecular weight excluding hydrogens is 573 g/mol. The summed E-state index contributed by atoms with van der Waals surface area (Å²) >= 11 is 0. The van der Waals surface area contributed by atoms with E-state index in [1.807, 2.05) is 66.7 Å². The van der Waals surface area contributed by atoms with Gasteiger partial charge >= 0.3 is 0 Å². The fraction of sp³-hybridized carbons (Fsp3) is 0. The highest BCUT2D eigenvalue weighted by molar-refractivity contribution is 6.18. The summed E-state index contributed by atoms with van der Waals surface area (Å²) in [5.41, 5.74) is 8.56. The second-order valence-corrected chi connectivity index (χ2v) is 11.7. The molecule has 0 saturated carbocycles. The molecule has 0 aliphatic carbocycles. The van der Waals surface area contributed by atoms with Gasteiger partial charge in [-0.15, -0.1) is 0 Å². The third kappa shape index (κ3) is 4.66. The summed E-state index contributed by atoms with van der Waals surface area (Å²) < 4.78 is 2.40. The van der Waals surface area contributed by atoms with Crippen molar-refractivity contribution in [3.05, 3.63) is 170 Å². The van der Waals surface area contributed by atoms with Gasteiger partial charge in [-0.3, -0.25) is 0 Å². The fourth-order valence-electron chi connectivity index (χ4n) is 6.65. The summed E-state index contributed by atoms with van der Waals surface area (Å²) in [4.78, 5) is 14.9. The van der Waals surface area contributed by atoms with E-state index in [1.165, 1.54) is 32.6 Å². The summed E-state index contributed by atoms with van der Waals surface area (Å²) in [5, 5.41) is 4.98. The van der Waals surface area contributed by atoms with E-state index in [4.69, 9.17) is 15.0 Å². The van der Waals surface area contributed by atoms with E-state index in [-0.39, 0.29) is 0 Å². The Labute approximate surface area is 272 Å². The summed E-state index contributed by atoms with van der Waals surface area (Å²) in [6.07, 6.45) is 0. The fourth-order valence-corrected chi connectivity index (χ4v) is 6.65. The van der Waals surface area contributed by atoms with Crippen molar-refractivity contribution in [2.45, 2.75) is 0 Å². The van der Waals surface area contributed by atoms with Crippen LogP contribution in [-0.2, 0) is 0 Å². The van der Waals surface area contributed by atoms with Crippen molar-refractivity contribution in [1.82, 2.24) is 19.5 Å². The molecule has 0 saturated heterocycles. The van der Waals surface area contributed by atoms with Crippen LogP contribution in [0, 0.1) is 0 Å². The lowest BCUT2D eigenvalue weighted by Gasteiger charge is -2.13. The number of hydrogen-bond donors (Lipinski definition) is 0. The predicted octanol–water partition coefficient (Wildman–Crippen LogP) is 10.8. The highest BCUT2D eigenvalue weighted by atomic mass is 15.0. The van der Waals surface area contributed by atoms with Gasteiger partial charge in [-0.1, -0.05) is 152 Å². The zero-order valence-electron chi connectivity index (χ0n) is 25.5. The van der Waals surface area contributed by atoms with E-state index < -0.39 is 0 Å². The minimum Gasteiger partial charge on any atom is -0.309 e. The van der Waals surface area contributed by atoms with E-state index in [0.717, 1.165) is 33.5 Å². The number of hydrogen-bond acceptors (Lipinski definition) is 3. The van der Waals surface area contributed by atoms with Crippen LogP contribution in [0.25, 0.3) is 83.6 Å². The van der Waals surface area contributed by atoms with Crippen molar-refractivity contribution in [3.8, 4) is 51.0 Å². The molecule has 0 radical (unpaired) electrons. The Morgan fingerprint density at radius 1 is 0.340 bits per heavy atom. The highest BCUT2D eigenvalue weighted by Gasteiger charge is 2.17. The molecule has 7 aromatic carbocycles. The molecule has 0 fully saturated rings. The first-order valence-corrected chi connectivity index (χ1v) is 15.8. The maximum atomic E-state index is 5.01. The van der Waals surface area contributed by atoms with E-state index in [9.17, 15) is 0 Å². The van der Waals surface area contributed by atoms with E-state index in [0.29, 0.717) is 17.5 Å². The summed E-state index contributed by atoms with van der Waals surface area (Å²) in [7, 11) is 0. The van der Waals surface area contributed by atoms with Crippen molar-refractivity contribution in [2.75, 3.05) is 0 Å². The van der Waals surface area contributed by atoms with Crippen molar-refractivity contribution >= 4 is 32.6 Å². The maximum absolute atomic E-state index is 5.01. The molecule has 220 valence electrons. The first-order valence-electron chi connectivity index (χ1n) is 15.8. The summed E-state index contributed by atoms with van der Waals surface area (Å²) in [6.45, 7) is 0. The highest BCUT2D eigenvalue weighted by Crippen LogP contribution is 2.38. The molecule has 0 unspecified atom stereocenters. The molecule has 9 aromatic rings. The molecule has 0 spiro atoms. The van der Waals surface area contributed by atoms with Crippen molar-refractivity contribution in [1.29, 1.82) is 0 Å². The Morgan fingerprint density at radius 2 is 0.894 bits per heavy atom. The molecular formula is C43H28N4. The molecule has 2 heterocycles. The largest absolute Gasteiger partial charge is 0.309 e. The SMILES string of the molecule is c1ccc(-c2nc(-c3ccccc3)nc(-c3ccccc3-c3ccc(-n4c5ccccc5c5ccc6ccccc6c54)cc3)n2)cc1. The molecule has 4 heteroatoms. The number of benzene rings is 7. The lowest BCUT2D eigenvalue weighted by atomic mass is 9.98. The number of para-hydroxylation sites is 1. The van der Waals surface area contributed by atoms with Gasteiger partial charge in [-0.25, -0.2) is 15.0 Å². The van der Waals surface area contributed by atoms with Gasteiger partial charge < -0.3 is 4.57 Å². The van der Waals surface area contributed by atoms with E-state index in [1.54, 1.807) is 0 Å². The van der Waals surface area contributed by atoms with Crippen LogP contribution in [0.3, 0.4) is 0 Å². The number of rotatable bonds is 5. The Balaban J connectivity index is 1.20. The van der Waals surface area contributed by atoms with Crippen molar-refractivity contribution < 1.29 is 0 Å². The minimum atomic E-state index is 0.645. The van der Waals surface area contributed by atoms with Gasteiger partial charge in [0.25, 0.3) is 0 Å². The van der Waals surface area contributed by atoms with Gasteiger partial charge in [0, 0.05) is 38.5 Å². The average molecular weight is 601 g/mol. The zero-order chi connectivity index (χ0) is 31.2. The molecule has 0 aliphatic heterocycles.